The summed E-state index contributed by atoms with van der Waals surface area (Å²) in [6.45, 7) is 2.02. The van der Waals surface area contributed by atoms with Crippen molar-refractivity contribution in [1.29, 1.82) is 0 Å². The van der Waals surface area contributed by atoms with E-state index in [0.717, 1.165) is 22.2 Å². The Morgan fingerprint density at radius 1 is 1.26 bits per heavy atom. The third-order valence-electron chi connectivity index (χ3n) is 3.92. The van der Waals surface area contributed by atoms with Gasteiger partial charge in [-0.1, -0.05) is 29.8 Å². The lowest BCUT2D eigenvalue weighted by atomic mass is 10.1. The van der Waals surface area contributed by atoms with Crippen molar-refractivity contribution in [3.8, 4) is 0 Å². The van der Waals surface area contributed by atoms with E-state index >= 15 is 0 Å². The number of fused-ring (bicyclic) bond motifs is 1. The molecule has 1 aromatic heterocycles. The second-order valence-electron chi connectivity index (χ2n) is 5.23. The summed E-state index contributed by atoms with van der Waals surface area (Å²) in [5, 5.41) is 12.2. The summed E-state index contributed by atoms with van der Waals surface area (Å²) in [6, 6.07) is 12.6. The summed E-state index contributed by atoms with van der Waals surface area (Å²) in [5.41, 5.74) is 3.55. The summed E-state index contributed by atoms with van der Waals surface area (Å²) in [6.07, 6.45) is 1.74. The lowest BCUT2D eigenvalue weighted by Gasteiger charge is -1.98. The molecule has 0 spiro atoms. The van der Waals surface area contributed by atoms with Crippen LogP contribution in [0.3, 0.4) is 0 Å². The van der Waals surface area contributed by atoms with E-state index < -0.39 is 4.92 Å². The molecule has 0 unspecified atom stereocenters. The lowest BCUT2D eigenvalue weighted by Crippen LogP contribution is -1.91. The van der Waals surface area contributed by atoms with Crippen LogP contribution in [0, 0.1) is 17.0 Å². The number of nitro groups is 1. The highest BCUT2D eigenvalue weighted by atomic mass is 35.5. The van der Waals surface area contributed by atoms with Crippen molar-refractivity contribution < 1.29 is 4.92 Å². The first-order chi connectivity index (χ1) is 11.0. The largest absolute Gasteiger partial charge is 0.347 e. The van der Waals surface area contributed by atoms with Crippen molar-refractivity contribution >= 4 is 40.1 Å². The smallest absolute Gasteiger partial charge is 0.290 e. The molecule has 0 radical (unpaired) electrons. The molecule has 3 aromatic rings. The van der Waals surface area contributed by atoms with E-state index in [0.29, 0.717) is 5.69 Å². The molecule has 5 nitrogen and oxygen atoms in total. The zero-order valence-electron chi connectivity index (χ0n) is 12.7. The molecular weight excluding hydrogens is 314 g/mol. The van der Waals surface area contributed by atoms with Crippen LogP contribution in [0.15, 0.2) is 47.5 Å². The molecule has 116 valence electrons. The molecule has 3 rings (SSSR count). The van der Waals surface area contributed by atoms with E-state index in [4.69, 9.17) is 11.6 Å². The Kier molecular flexibility index (Phi) is 3.88. The predicted molar refractivity (Wildman–Crippen MR) is 93.0 cm³/mol. The molecule has 0 N–H and O–H groups in total. The number of nitro benzene ring substituents is 1. The molecular formula is C17H14ClN3O2. The van der Waals surface area contributed by atoms with Crippen LogP contribution < -0.4 is 0 Å². The summed E-state index contributed by atoms with van der Waals surface area (Å²) in [5.74, 6) is 0. The number of aryl methyl sites for hydroxylation is 1. The van der Waals surface area contributed by atoms with Crippen LogP contribution in [0.5, 0.6) is 0 Å². The van der Waals surface area contributed by atoms with Crippen LogP contribution in [0.2, 0.25) is 5.02 Å². The van der Waals surface area contributed by atoms with Gasteiger partial charge in [0.1, 0.15) is 5.02 Å². The molecule has 0 aliphatic rings. The Morgan fingerprint density at radius 2 is 2.00 bits per heavy atom. The molecule has 1 heterocycles. The maximum atomic E-state index is 10.9. The van der Waals surface area contributed by atoms with Gasteiger partial charge in [0.25, 0.3) is 5.69 Å². The normalized spacial score (nSPS) is 11.4. The van der Waals surface area contributed by atoms with Crippen LogP contribution in [0.25, 0.3) is 10.9 Å². The number of aliphatic imine (C=N–C) groups is 1. The molecule has 0 bridgehead atoms. The van der Waals surface area contributed by atoms with Gasteiger partial charge in [0.15, 0.2) is 0 Å². The van der Waals surface area contributed by atoms with E-state index in [-0.39, 0.29) is 10.7 Å². The average Bonchev–Trinajstić information content (AvgIpc) is 2.78. The standard InChI is InChI=1S/C17H14ClN3O2/c1-11-14(13-5-3-4-6-16(13)20(11)2)10-19-12-7-8-15(18)17(9-12)21(22)23/h3-10H,1-2H3. The minimum Gasteiger partial charge on any atom is -0.347 e. The topological polar surface area (TPSA) is 60.4 Å². The van der Waals surface area contributed by atoms with Crippen molar-refractivity contribution in [2.45, 2.75) is 6.92 Å². The summed E-state index contributed by atoms with van der Waals surface area (Å²) in [7, 11) is 2.00. The van der Waals surface area contributed by atoms with Crippen LogP contribution in [0.4, 0.5) is 11.4 Å². The zero-order valence-corrected chi connectivity index (χ0v) is 13.4. The number of nitrogens with zero attached hydrogens (tertiary/aromatic N) is 3. The lowest BCUT2D eigenvalue weighted by molar-refractivity contribution is -0.384. The third kappa shape index (κ3) is 2.71. The van der Waals surface area contributed by atoms with Crippen molar-refractivity contribution in [2.75, 3.05) is 0 Å². The Bertz CT molecular complexity index is 944. The molecule has 23 heavy (non-hydrogen) atoms. The highest BCUT2D eigenvalue weighted by Gasteiger charge is 2.13. The number of aromatic nitrogens is 1. The van der Waals surface area contributed by atoms with Gasteiger partial charge in [-0.25, -0.2) is 0 Å². The predicted octanol–water partition coefficient (Wildman–Crippen LogP) is 4.80. The van der Waals surface area contributed by atoms with Crippen LogP contribution in [-0.2, 0) is 7.05 Å². The fourth-order valence-corrected chi connectivity index (χ4v) is 2.76. The van der Waals surface area contributed by atoms with Crippen molar-refractivity contribution in [3.05, 3.63) is 68.9 Å². The number of halogens is 1. The zero-order chi connectivity index (χ0) is 16.6. The molecule has 0 fully saturated rings. The highest BCUT2D eigenvalue weighted by Crippen LogP contribution is 2.29. The maximum absolute atomic E-state index is 10.9. The van der Waals surface area contributed by atoms with Gasteiger partial charge >= 0.3 is 0 Å². The first-order valence-electron chi connectivity index (χ1n) is 7.01. The molecule has 0 aliphatic carbocycles. The molecule has 0 atom stereocenters. The van der Waals surface area contributed by atoms with Crippen molar-refractivity contribution in [2.24, 2.45) is 12.0 Å². The summed E-state index contributed by atoms with van der Waals surface area (Å²) >= 11 is 5.82. The van der Waals surface area contributed by atoms with Gasteiger partial charge in [0.05, 0.1) is 10.6 Å². The molecule has 0 saturated heterocycles. The second kappa shape index (κ2) is 5.85. The van der Waals surface area contributed by atoms with Gasteiger partial charge in [-0.05, 0) is 25.1 Å². The van der Waals surface area contributed by atoms with Gasteiger partial charge in [0, 0.05) is 41.5 Å². The van der Waals surface area contributed by atoms with Gasteiger partial charge in [0.2, 0.25) is 0 Å². The van der Waals surface area contributed by atoms with Crippen molar-refractivity contribution in [3.63, 3.8) is 0 Å². The van der Waals surface area contributed by atoms with E-state index in [9.17, 15) is 10.1 Å². The fourth-order valence-electron chi connectivity index (χ4n) is 2.57. The van der Waals surface area contributed by atoms with Crippen LogP contribution in [-0.4, -0.2) is 15.7 Å². The second-order valence-corrected chi connectivity index (χ2v) is 5.63. The molecule has 0 saturated carbocycles. The first-order valence-corrected chi connectivity index (χ1v) is 7.39. The highest BCUT2D eigenvalue weighted by molar-refractivity contribution is 6.32. The van der Waals surface area contributed by atoms with E-state index in [2.05, 4.69) is 9.56 Å². The fraction of sp³-hybridized carbons (Fsp3) is 0.118. The van der Waals surface area contributed by atoms with E-state index in [1.165, 1.54) is 12.1 Å². The average molecular weight is 328 g/mol. The Balaban J connectivity index is 2.06. The SMILES string of the molecule is Cc1c(C=Nc2ccc(Cl)c([N+](=O)[O-])c2)c2ccccc2n1C. The van der Waals surface area contributed by atoms with E-state index in [1.807, 2.05) is 38.2 Å². The van der Waals surface area contributed by atoms with Gasteiger partial charge in [-0.2, -0.15) is 0 Å². The van der Waals surface area contributed by atoms with Gasteiger partial charge < -0.3 is 4.57 Å². The Labute approximate surface area is 138 Å². The van der Waals surface area contributed by atoms with Crippen molar-refractivity contribution in [1.82, 2.24) is 4.57 Å². The number of hydrogen-bond acceptors (Lipinski definition) is 3. The minimum absolute atomic E-state index is 0.107. The third-order valence-corrected chi connectivity index (χ3v) is 4.24. The number of benzene rings is 2. The number of para-hydroxylation sites is 1. The summed E-state index contributed by atoms with van der Waals surface area (Å²) in [4.78, 5) is 14.8. The van der Waals surface area contributed by atoms with Gasteiger partial charge in [-0.15, -0.1) is 0 Å². The molecule has 0 amide bonds. The van der Waals surface area contributed by atoms with Crippen LogP contribution >= 0.6 is 11.6 Å². The van der Waals surface area contributed by atoms with Crippen LogP contribution in [0.1, 0.15) is 11.3 Å². The monoisotopic (exact) mass is 327 g/mol. The quantitative estimate of drug-likeness (QED) is 0.394. The molecule has 2 aromatic carbocycles. The number of hydrogen-bond donors (Lipinski definition) is 0. The Morgan fingerprint density at radius 3 is 2.74 bits per heavy atom. The molecule has 0 aliphatic heterocycles. The summed E-state index contributed by atoms with van der Waals surface area (Å²) < 4.78 is 2.10. The Hall–Kier alpha value is -2.66. The maximum Gasteiger partial charge on any atom is 0.290 e. The number of rotatable bonds is 3. The molecule has 6 heteroatoms. The first kappa shape index (κ1) is 15.2. The van der Waals surface area contributed by atoms with Gasteiger partial charge in [-0.3, -0.25) is 15.1 Å². The minimum atomic E-state index is -0.509. The van der Waals surface area contributed by atoms with E-state index in [1.54, 1.807) is 12.3 Å².